The number of fused-ring (bicyclic) bond motifs is 1. The lowest BCUT2D eigenvalue weighted by Gasteiger charge is -1.97. The molecule has 2 N–H and O–H groups in total. The van der Waals surface area contributed by atoms with E-state index >= 15 is 0 Å². The van der Waals surface area contributed by atoms with E-state index < -0.39 is 0 Å². The Morgan fingerprint density at radius 1 is 1.24 bits per heavy atom. The topological polar surface area (TPSA) is 64.9 Å². The largest absolute Gasteiger partial charge is 0.390 e. The van der Waals surface area contributed by atoms with Crippen molar-refractivity contribution in [2.75, 3.05) is 5.73 Å². The number of halogens is 1. The van der Waals surface area contributed by atoms with E-state index in [2.05, 4.69) is 10.1 Å². The minimum Gasteiger partial charge on any atom is -0.390 e. The lowest BCUT2D eigenvalue weighted by Crippen LogP contribution is -1.89. The Morgan fingerprint density at radius 2 is 2.10 bits per heavy atom. The predicted molar refractivity (Wildman–Crippen MR) is 84.5 cm³/mol. The van der Waals surface area contributed by atoms with Gasteiger partial charge in [-0.15, -0.1) is 11.3 Å². The molecule has 1 aliphatic carbocycles. The fraction of sp³-hybridized carbons (Fsp3) is 0.200. The van der Waals surface area contributed by atoms with Crippen LogP contribution in [0.3, 0.4) is 0 Å². The van der Waals surface area contributed by atoms with E-state index in [9.17, 15) is 0 Å². The molecule has 0 atom stereocenters. The van der Waals surface area contributed by atoms with Crippen LogP contribution < -0.4 is 5.73 Å². The Morgan fingerprint density at radius 3 is 2.95 bits per heavy atom. The first kappa shape index (κ1) is 12.9. The van der Waals surface area contributed by atoms with Gasteiger partial charge in [-0.2, -0.15) is 4.98 Å². The molecule has 21 heavy (non-hydrogen) atoms. The van der Waals surface area contributed by atoms with Crippen LogP contribution in [-0.2, 0) is 12.8 Å². The van der Waals surface area contributed by atoms with Crippen molar-refractivity contribution in [1.82, 2.24) is 10.1 Å². The second-order valence-corrected chi connectivity index (χ2v) is 6.54. The van der Waals surface area contributed by atoms with Crippen LogP contribution in [0, 0.1) is 0 Å². The minimum absolute atomic E-state index is 0.488. The van der Waals surface area contributed by atoms with Gasteiger partial charge < -0.3 is 10.3 Å². The molecule has 2 heterocycles. The highest BCUT2D eigenvalue weighted by Gasteiger charge is 2.25. The summed E-state index contributed by atoms with van der Waals surface area (Å²) in [6, 6.07) is 7.45. The molecule has 0 amide bonds. The van der Waals surface area contributed by atoms with Crippen molar-refractivity contribution in [3.05, 3.63) is 39.7 Å². The zero-order valence-electron chi connectivity index (χ0n) is 11.1. The van der Waals surface area contributed by atoms with Crippen LogP contribution in [-0.4, -0.2) is 10.1 Å². The highest BCUT2D eigenvalue weighted by molar-refractivity contribution is 7.16. The maximum absolute atomic E-state index is 6.17. The van der Waals surface area contributed by atoms with Gasteiger partial charge in [-0.1, -0.05) is 28.9 Å². The maximum atomic E-state index is 6.17. The van der Waals surface area contributed by atoms with Crippen molar-refractivity contribution in [2.24, 2.45) is 0 Å². The summed E-state index contributed by atoms with van der Waals surface area (Å²) in [5, 5.41) is 5.41. The normalized spacial score (nSPS) is 13.6. The van der Waals surface area contributed by atoms with Gasteiger partial charge in [0.25, 0.3) is 5.89 Å². The van der Waals surface area contributed by atoms with E-state index in [-0.39, 0.29) is 0 Å². The summed E-state index contributed by atoms with van der Waals surface area (Å²) in [7, 11) is 0. The van der Waals surface area contributed by atoms with Crippen molar-refractivity contribution in [3.8, 4) is 22.8 Å². The van der Waals surface area contributed by atoms with Gasteiger partial charge in [-0.3, -0.25) is 0 Å². The van der Waals surface area contributed by atoms with Gasteiger partial charge in [0.1, 0.15) is 0 Å². The van der Waals surface area contributed by atoms with Crippen LogP contribution in [0.15, 0.2) is 28.8 Å². The SMILES string of the molecule is Nc1sc2c(c1-c1nc(-c3ccccc3Cl)no1)CCC2. The lowest BCUT2D eigenvalue weighted by molar-refractivity contribution is 0.432. The van der Waals surface area contributed by atoms with E-state index in [1.54, 1.807) is 11.3 Å². The number of rotatable bonds is 2. The molecule has 4 nitrogen and oxygen atoms in total. The molecule has 4 rings (SSSR count). The number of nitrogens with zero attached hydrogens (tertiary/aromatic N) is 2. The van der Waals surface area contributed by atoms with Gasteiger partial charge >= 0.3 is 0 Å². The number of nitrogens with two attached hydrogens (primary N) is 1. The van der Waals surface area contributed by atoms with Gasteiger partial charge in [0, 0.05) is 10.4 Å². The number of nitrogen functional groups attached to an aromatic ring is 1. The molecule has 6 heteroatoms. The zero-order chi connectivity index (χ0) is 14.4. The van der Waals surface area contributed by atoms with Crippen molar-refractivity contribution < 1.29 is 4.52 Å². The molecular weight excluding hydrogens is 306 g/mol. The number of aryl methyl sites for hydroxylation is 1. The average Bonchev–Trinajstić information content (AvgIpc) is 3.15. The third-order valence-electron chi connectivity index (χ3n) is 3.70. The lowest BCUT2D eigenvalue weighted by atomic mass is 10.1. The fourth-order valence-corrected chi connectivity index (χ4v) is 4.11. The molecule has 106 valence electrons. The van der Waals surface area contributed by atoms with E-state index in [0.717, 1.165) is 29.0 Å². The fourth-order valence-electron chi connectivity index (χ4n) is 2.74. The number of anilines is 1. The van der Waals surface area contributed by atoms with Gasteiger partial charge in [0.15, 0.2) is 0 Å². The molecule has 2 aromatic heterocycles. The summed E-state index contributed by atoms with van der Waals surface area (Å²) in [5.41, 5.74) is 9.08. The Bertz CT molecular complexity index is 824. The van der Waals surface area contributed by atoms with Crippen LogP contribution >= 0.6 is 22.9 Å². The van der Waals surface area contributed by atoms with Crippen molar-refractivity contribution in [3.63, 3.8) is 0 Å². The van der Waals surface area contributed by atoms with Gasteiger partial charge in [-0.05, 0) is 37.0 Å². The van der Waals surface area contributed by atoms with Gasteiger partial charge in [0.05, 0.1) is 15.6 Å². The van der Waals surface area contributed by atoms with E-state index in [1.807, 2.05) is 24.3 Å². The number of hydrogen-bond acceptors (Lipinski definition) is 5. The molecule has 0 aliphatic heterocycles. The van der Waals surface area contributed by atoms with Crippen molar-refractivity contribution >= 4 is 27.9 Å². The number of hydrogen-bond donors (Lipinski definition) is 1. The summed E-state index contributed by atoms with van der Waals surface area (Å²) in [6.45, 7) is 0. The molecular formula is C15H12ClN3OS. The molecule has 3 aromatic rings. The summed E-state index contributed by atoms with van der Waals surface area (Å²) in [5.74, 6) is 0.981. The quantitative estimate of drug-likeness (QED) is 0.769. The van der Waals surface area contributed by atoms with Crippen molar-refractivity contribution in [2.45, 2.75) is 19.3 Å². The van der Waals surface area contributed by atoms with Crippen LogP contribution in [0.1, 0.15) is 16.9 Å². The predicted octanol–water partition coefficient (Wildman–Crippen LogP) is 4.19. The summed E-state index contributed by atoms with van der Waals surface area (Å²) < 4.78 is 5.43. The smallest absolute Gasteiger partial charge is 0.261 e. The Kier molecular flexibility index (Phi) is 2.97. The highest BCUT2D eigenvalue weighted by Crippen LogP contribution is 2.43. The van der Waals surface area contributed by atoms with Crippen LogP contribution in [0.4, 0.5) is 5.00 Å². The second kappa shape index (κ2) is 4.86. The van der Waals surface area contributed by atoms with Crippen LogP contribution in [0.5, 0.6) is 0 Å². The molecule has 1 aromatic carbocycles. The minimum atomic E-state index is 0.488. The van der Waals surface area contributed by atoms with Gasteiger partial charge in [0.2, 0.25) is 5.82 Å². The third kappa shape index (κ3) is 2.04. The zero-order valence-corrected chi connectivity index (χ0v) is 12.7. The Hall–Kier alpha value is -1.85. The average molecular weight is 318 g/mol. The number of benzene rings is 1. The number of aromatic nitrogens is 2. The molecule has 0 unspecified atom stereocenters. The molecule has 0 fully saturated rings. The van der Waals surface area contributed by atoms with E-state index in [0.29, 0.717) is 16.7 Å². The number of thiophene rings is 1. The maximum Gasteiger partial charge on any atom is 0.261 e. The Balaban J connectivity index is 1.81. The standard InChI is InChI=1S/C15H12ClN3OS/c16-10-6-2-1-4-8(10)14-18-15(20-19-14)12-9-5-3-7-11(9)21-13(12)17/h1-2,4,6H,3,5,7,17H2. The Labute approximate surface area is 130 Å². The molecule has 0 bridgehead atoms. The summed E-state index contributed by atoms with van der Waals surface area (Å²) in [6.07, 6.45) is 3.29. The molecule has 0 saturated heterocycles. The van der Waals surface area contributed by atoms with Crippen molar-refractivity contribution in [1.29, 1.82) is 0 Å². The molecule has 0 saturated carbocycles. The van der Waals surface area contributed by atoms with E-state index in [1.165, 1.54) is 16.9 Å². The molecule has 1 aliphatic rings. The monoisotopic (exact) mass is 317 g/mol. The molecule has 0 spiro atoms. The van der Waals surface area contributed by atoms with Crippen LogP contribution in [0.25, 0.3) is 22.8 Å². The van der Waals surface area contributed by atoms with E-state index in [4.69, 9.17) is 21.9 Å². The third-order valence-corrected chi connectivity index (χ3v) is 5.15. The van der Waals surface area contributed by atoms with Gasteiger partial charge in [-0.25, -0.2) is 0 Å². The first-order chi connectivity index (χ1) is 10.2. The molecule has 0 radical (unpaired) electrons. The van der Waals surface area contributed by atoms with Crippen LogP contribution in [0.2, 0.25) is 5.02 Å². The first-order valence-corrected chi connectivity index (χ1v) is 7.92. The summed E-state index contributed by atoms with van der Waals surface area (Å²) >= 11 is 7.80. The summed E-state index contributed by atoms with van der Waals surface area (Å²) in [4.78, 5) is 5.83. The highest BCUT2D eigenvalue weighted by atomic mass is 35.5. The second-order valence-electron chi connectivity index (χ2n) is 5.00. The first-order valence-electron chi connectivity index (χ1n) is 6.73.